The summed E-state index contributed by atoms with van der Waals surface area (Å²) in [5.74, 6) is -2.88. The Morgan fingerprint density at radius 2 is 1.72 bits per heavy atom. The van der Waals surface area contributed by atoms with Crippen molar-refractivity contribution in [2.45, 2.75) is 13.0 Å². The molecule has 0 aliphatic heterocycles. The van der Waals surface area contributed by atoms with Crippen LogP contribution in [0.15, 0.2) is 0 Å². The number of amides is 3. The van der Waals surface area contributed by atoms with Crippen molar-refractivity contribution in [3.05, 3.63) is 0 Å². The van der Waals surface area contributed by atoms with Crippen LogP contribution in [0.5, 0.6) is 0 Å². The maximum absolute atomic E-state index is 11.4. The van der Waals surface area contributed by atoms with Gasteiger partial charge in [-0.3, -0.25) is 19.2 Å². The summed E-state index contributed by atoms with van der Waals surface area (Å²) in [5.41, 5.74) is 5.05. The van der Waals surface area contributed by atoms with E-state index in [0.717, 1.165) is 0 Å². The zero-order chi connectivity index (χ0) is 14.1. The van der Waals surface area contributed by atoms with E-state index in [1.165, 1.54) is 6.92 Å². The molecule has 3 amide bonds. The minimum absolute atomic E-state index is 0.239. The second-order valence-corrected chi connectivity index (χ2v) is 3.38. The van der Waals surface area contributed by atoms with Crippen molar-refractivity contribution >= 4 is 23.7 Å². The van der Waals surface area contributed by atoms with Crippen molar-refractivity contribution in [3.63, 3.8) is 0 Å². The lowest BCUT2D eigenvalue weighted by Gasteiger charge is -2.13. The predicted octanol–water partition coefficient (Wildman–Crippen LogP) is -3.23. The van der Waals surface area contributed by atoms with E-state index < -0.39 is 36.3 Å². The van der Waals surface area contributed by atoms with Gasteiger partial charge in [-0.1, -0.05) is 0 Å². The van der Waals surface area contributed by atoms with Crippen LogP contribution >= 0.6 is 0 Å². The fourth-order valence-electron chi connectivity index (χ4n) is 0.923. The van der Waals surface area contributed by atoms with E-state index in [4.69, 9.17) is 10.8 Å². The van der Waals surface area contributed by atoms with E-state index in [9.17, 15) is 19.2 Å². The molecule has 6 N–H and O–H groups in total. The molecule has 0 aromatic rings. The van der Waals surface area contributed by atoms with Crippen molar-refractivity contribution in [1.82, 2.24) is 16.0 Å². The topological polar surface area (TPSA) is 151 Å². The van der Waals surface area contributed by atoms with Crippen LogP contribution < -0.4 is 21.7 Å². The monoisotopic (exact) mass is 260 g/mol. The molecule has 9 nitrogen and oxygen atoms in total. The lowest BCUT2D eigenvalue weighted by Crippen LogP contribution is -2.49. The molecular weight excluding hydrogens is 244 g/mol. The summed E-state index contributed by atoms with van der Waals surface area (Å²) >= 11 is 0. The minimum atomic E-state index is -1.18. The maximum Gasteiger partial charge on any atom is 0.322 e. The SMILES string of the molecule is C[C@H](NC(=O)CN)C(=O)NCC(=O)NCC(=O)O. The number of carboxylic acid groups (broad SMARTS) is 1. The lowest BCUT2D eigenvalue weighted by molar-refractivity contribution is -0.138. The first-order chi connectivity index (χ1) is 8.36. The quantitative estimate of drug-likeness (QED) is 0.324. The molecule has 0 saturated carbocycles. The molecule has 0 heterocycles. The standard InChI is InChI=1S/C9H16N4O5/c1-5(13-6(14)2-10)9(18)12-3-7(15)11-4-8(16)17/h5H,2-4,10H2,1H3,(H,11,15)(H,12,18)(H,13,14)(H,16,17)/t5-/m0/s1. The van der Waals surface area contributed by atoms with Gasteiger partial charge in [0.15, 0.2) is 0 Å². The molecule has 0 saturated heterocycles. The first-order valence-corrected chi connectivity index (χ1v) is 5.12. The van der Waals surface area contributed by atoms with Crippen molar-refractivity contribution < 1.29 is 24.3 Å². The molecule has 9 heteroatoms. The molecule has 0 unspecified atom stereocenters. The smallest absolute Gasteiger partial charge is 0.322 e. The first kappa shape index (κ1) is 15.8. The van der Waals surface area contributed by atoms with Crippen LogP contribution in [0.4, 0.5) is 0 Å². The molecule has 0 spiro atoms. The summed E-state index contributed by atoms with van der Waals surface area (Å²) in [5, 5.41) is 14.9. The lowest BCUT2D eigenvalue weighted by atomic mass is 10.3. The molecule has 1 atom stereocenters. The number of nitrogens with two attached hydrogens (primary N) is 1. The maximum atomic E-state index is 11.4. The molecule has 0 rings (SSSR count). The van der Waals surface area contributed by atoms with Crippen molar-refractivity contribution in [1.29, 1.82) is 0 Å². The first-order valence-electron chi connectivity index (χ1n) is 5.12. The van der Waals surface area contributed by atoms with Crippen LogP contribution in [-0.2, 0) is 19.2 Å². The highest BCUT2D eigenvalue weighted by Crippen LogP contribution is 1.81. The van der Waals surface area contributed by atoms with Gasteiger partial charge in [0.1, 0.15) is 12.6 Å². The van der Waals surface area contributed by atoms with E-state index in [2.05, 4.69) is 16.0 Å². The molecule has 0 aliphatic rings. The van der Waals surface area contributed by atoms with E-state index >= 15 is 0 Å². The van der Waals surface area contributed by atoms with E-state index in [1.54, 1.807) is 0 Å². The minimum Gasteiger partial charge on any atom is -0.480 e. The Balaban J connectivity index is 3.91. The molecule has 0 aromatic heterocycles. The van der Waals surface area contributed by atoms with Gasteiger partial charge in [-0.15, -0.1) is 0 Å². The number of hydrogen-bond donors (Lipinski definition) is 5. The fraction of sp³-hybridized carbons (Fsp3) is 0.556. The Labute approximate surface area is 103 Å². The fourth-order valence-corrected chi connectivity index (χ4v) is 0.923. The molecular formula is C9H16N4O5. The number of carbonyl (C=O) groups is 4. The van der Waals surface area contributed by atoms with Crippen molar-refractivity contribution in [3.8, 4) is 0 Å². The predicted molar refractivity (Wildman–Crippen MR) is 60.3 cm³/mol. The Bertz CT molecular complexity index is 344. The molecule has 18 heavy (non-hydrogen) atoms. The Hall–Kier alpha value is -2.16. The van der Waals surface area contributed by atoms with Gasteiger partial charge < -0.3 is 26.8 Å². The van der Waals surface area contributed by atoms with Gasteiger partial charge in [0.05, 0.1) is 13.1 Å². The molecule has 0 aliphatic carbocycles. The van der Waals surface area contributed by atoms with Crippen LogP contribution in [0.3, 0.4) is 0 Å². The van der Waals surface area contributed by atoms with Gasteiger partial charge >= 0.3 is 5.97 Å². The Kier molecular flexibility index (Phi) is 7.05. The number of carbonyl (C=O) groups excluding carboxylic acids is 3. The number of carboxylic acids is 1. The van der Waals surface area contributed by atoms with Crippen LogP contribution in [0.1, 0.15) is 6.92 Å². The largest absolute Gasteiger partial charge is 0.480 e. The van der Waals surface area contributed by atoms with Crippen LogP contribution in [0.25, 0.3) is 0 Å². The molecule has 0 fully saturated rings. The van der Waals surface area contributed by atoms with Crippen molar-refractivity contribution in [2.75, 3.05) is 19.6 Å². The second kappa shape index (κ2) is 8.01. The third-order valence-electron chi connectivity index (χ3n) is 1.82. The average molecular weight is 260 g/mol. The van der Waals surface area contributed by atoms with E-state index in [1.807, 2.05) is 0 Å². The highest BCUT2D eigenvalue weighted by molar-refractivity contribution is 5.91. The molecule has 0 radical (unpaired) electrons. The Morgan fingerprint density at radius 3 is 2.22 bits per heavy atom. The number of hydrogen-bond acceptors (Lipinski definition) is 5. The molecule has 0 aromatic carbocycles. The summed E-state index contributed by atoms with van der Waals surface area (Å²) < 4.78 is 0. The molecule has 0 bridgehead atoms. The number of aliphatic carboxylic acids is 1. The zero-order valence-corrected chi connectivity index (χ0v) is 9.86. The van der Waals surface area contributed by atoms with Gasteiger partial charge in [0.25, 0.3) is 0 Å². The summed E-state index contributed by atoms with van der Waals surface area (Å²) in [6.45, 7) is 0.303. The van der Waals surface area contributed by atoms with E-state index in [-0.39, 0.29) is 13.1 Å². The molecule has 102 valence electrons. The van der Waals surface area contributed by atoms with Gasteiger partial charge in [-0.05, 0) is 6.92 Å². The van der Waals surface area contributed by atoms with Gasteiger partial charge in [0, 0.05) is 0 Å². The Morgan fingerprint density at radius 1 is 1.11 bits per heavy atom. The summed E-state index contributed by atoms with van der Waals surface area (Å²) in [7, 11) is 0. The highest BCUT2D eigenvalue weighted by atomic mass is 16.4. The normalized spacial score (nSPS) is 11.2. The van der Waals surface area contributed by atoms with Crippen molar-refractivity contribution in [2.24, 2.45) is 5.73 Å². The van der Waals surface area contributed by atoms with E-state index in [0.29, 0.717) is 0 Å². The summed E-state index contributed by atoms with van der Waals surface area (Å²) in [6, 6.07) is -0.826. The van der Waals surface area contributed by atoms with Crippen LogP contribution in [0.2, 0.25) is 0 Å². The average Bonchev–Trinajstić information content (AvgIpc) is 2.32. The second-order valence-electron chi connectivity index (χ2n) is 3.38. The third-order valence-corrected chi connectivity index (χ3v) is 1.82. The summed E-state index contributed by atoms with van der Waals surface area (Å²) in [6.07, 6.45) is 0. The van der Waals surface area contributed by atoms with Crippen LogP contribution in [0, 0.1) is 0 Å². The van der Waals surface area contributed by atoms with Crippen LogP contribution in [-0.4, -0.2) is 54.5 Å². The van der Waals surface area contributed by atoms with Gasteiger partial charge in [-0.2, -0.15) is 0 Å². The summed E-state index contributed by atoms with van der Waals surface area (Å²) in [4.78, 5) is 43.5. The third kappa shape index (κ3) is 7.17. The zero-order valence-electron chi connectivity index (χ0n) is 9.86. The highest BCUT2D eigenvalue weighted by Gasteiger charge is 2.15. The number of rotatable bonds is 7. The number of nitrogens with one attached hydrogen (secondary N) is 3. The van der Waals surface area contributed by atoms with Gasteiger partial charge in [-0.25, -0.2) is 0 Å². The van der Waals surface area contributed by atoms with Gasteiger partial charge in [0.2, 0.25) is 17.7 Å².